The topological polar surface area (TPSA) is 107 Å². The zero-order valence-corrected chi connectivity index (χ0v) is 32.8. The van der Waals surface area contributed by atoms with Crippen LogP contribution in [0.1, 0.15) is 132 Å². The Balaban J connectivity index is 0.640. The molecule has 0 amide bonds. The third-order valence-corrected chi connectivity index (χ3v) is 14.5. The van der Waals surface area contributed by atoms with Crippen molar-refractivity contribution in [2.45, 2.75) is 112 Å². The van der Waals surface area contributed by atoms with Gasteiger partial charge in [-0.3, -0.25) is 4.90 Å². The highest BCUT2D eigenvalue weighted by atomic mass is 16.5. The molecule has 0 bridgehead atoms. The number of piperidine rings is 2. The Morgan fingerprint density at radius 1 is 0.714 bits per heavy atom. The van der Waals surface area contributed by atoms with Crippen molar-refractivity contribution in [1.29, 1.82) is 0 Å². The number of hydrogen-bond acceptors (Lipinski definition) is 8. The van der Waals surface area contributed by atoms with Gasteiger partial charge in [-0.1, -0.05) is 71.9 Å². The smallest absolute Gasteiger partial charge is 0.335 e. The van der Waals surface area contributed by atoms with Gasteiger partial charge in [0.15, 0.2) is 5.82 Å². The number of nitrogens with zero attached hydrogens (tertiary/aromatic N) is 4. The van der Waals surface area contributed by atoms with E-state index in [2.05, 4.69) is 80.2 Å². The molecule has 56 heavy (non-hydrogen) atoms. The van der Waals surface area contributed by atoms with Crippen LogP contribution >= 0.6 is 0 Å². The van der Waals surface area contributed by atoms with Crippen molar-refractivity contribution < 1.29 is 14.4 Å². The van der Waals surface area contributed by atoms with Gasteiger partial charge in [-0.15, -0.1) is 0 Å². The lowest BCUT2D eigenvalue weighted by molar-refractivity contribution is 0.0697. The minimum absolute atomic E-state index is 0.0226. The Labute approximate surface area is 331 Å². The van der Waals surface area contributed by atoms with Gasteiger partial charge in [0, 0.05) is 61.4 Å². The summed E-state index contributed by atoms with van der Waals surface area (Å²) < 4.78 is 5.89. The van der Waals surface area contributed by atoms with E-state index >= 15 is 0 Å². The third kappa shape index (κ3) is 8.11. The lowest BCUT2D eigenvalue weighted by atomic mass is 9.88. The summed E-state index contributed by atoms with van der Waals surface area (Å²) in [5.74, 6) is 3.13. The van der Waals surface area contributed by atoms with Crippen molar-refractivity contribution in [3.05, 3.63) is 118 Å². The van der Waals surface area contributed by atoms with Crippen LogP contribution < -0.4 is 10.6 Å². The predicted molar refractivity (Wildman–Crippen MR) is 217 cm³/mol. The first-order chi connectivity index (χ1) is 27.4. The van der Waals surface area contributed by atoms with Crippen LogP contribution in [0.25, 0.3) is 0 Å². The van der Waals surface area contributed by atoms with E-state index in [4.69, 9.17) is 9.51 Å². The predicted octanol–water partition coefficient (Wildman–Crippen LogP) is 7.43. The van der Waals surface area contributed by atoms with Crippen LogP contribution in [0.2, 0.25) is 0 Å². The Hall–Kier alpha value is -3.89. The van der Waals surface area contributed by atoms with Crippen molar-refractivity contribution in [2.75, 3.05) is 45.8 Å². The molecule has 0 radical (unpaired) electrons. The van der Waals surface area contributed by atoms with Crippen LogP contribution in [0.5, 0.6) is 0 Å². The Morgan fingerprint density at radius 2 is 1.32 bits per heavy atom. The molecule has 3 N–H and O–H groups in total. The molecular weight excluding hydrogens is 697 g/mol. The van der Waals surface area contributed by atoms with Gasteiger partial charge < -0.3 is 25.2 Å². The molecule has 4 aromatic rings. The first kappa shape index (κ1) is 36.5. The van der Waals surface area contributed by atoms with Gasteiger partial charge in [-0.05, 0) is 136 Å². The molecule has 0 spiro atoms. The van der Waals surface area contributed by atoms with Crippen LogP contribution in [0.4, 0.5) is 0 Å². The highest BCUT2D eigenvalue weighted by Crippen LogP contribution is 2.50. The van der Waals surface area contributed by atoms with E-state index in [1.54, 1.807) is 12.1 Å². The minimum Gasteiger partial charge on any atom is -0.478 e. The fourth-order valence-electron chi connectivity index (χ4n) is 10.0. The Bertz CT molecular complexity index is 1960. The number of carboxylic acid groups (broad SMARTS) is 1. The molecule has 6 aliphatic rings. The maximum Gasteiger partial charge on any atom is 0.335 e. The van der Waals surface area contributed by atoms with Crippen molar-refractivity contribution in [3.63, 3.8) is 0 Å². The number of nitrogens with one attached hydrogen (secondary N) is 2. The molecule has 1 aromatic heterocycles. The summed E-state index contributed by atoms with van der Waals surface area (Å²) in [6, 6.07) is 29.2. The van der Waals surface area contributed by atoms with Crippen LogP contribution in [0, 0.1) is 5.41 Å². The monoisotopic (exact) mass is 754 g/mol. The van der Waals surface area contributed by atoms with Crippen molar-refractivity contribution in [3.8, 4) is 0 Å². The number of carboxylic acids is 1. The van der Waals surface area contributed by atoms with Crippen molar-refractivity contribution in [1.82, 2.24) is 30.6 Å². The van der Waals surface area contributed by atoms with E-state index in [1.165, 1.54) is 81.4 Å². The molecule has 6 fully saturated rings. The highest BCUT2D eigenvalue weighted by molar-refractivity contribution is 5.87. The first-order valence-electron chi connectivity index (χ1n) is 21.6. The highest BCUT2D eigenvalue weighted by Gasteiger charge is 2.51. The third-order valence-electron chi connectivity index (χ3n) is 14.5. The summed E-state index contributed by atoms with van der Waals surface area (Å²) >= 11 is 0. The van der Waals surface area contributed by atoms with Crippen LogP contribution in [0.3, 0.4) is 0 Å². The lowest BCUT2D eigenvalue weighted by Gasteiger charge is -2.35. The van der Waals surface area contributed by atoms with E-state index in [9.17, 15) is 9.90 Å². The summed E-state index contributed by atoms with van der Waals surface area (Å²) in [7, 11) is 0. The maximum absolute atomic E-state index is 11.2. The van der Waals surface area contributed by atoms with Gasteiger partial charge in [0.05, 0.1) is 5.56 Å². The first-order valence-corrected chi connectivity index (χ1v) is 21.6. The average Bonchev–Trinajstić information content (AvgIpc) is 4.07. The molecule has 2 saturated heterocycles. The van der Waals surface area contributed by atoms with Crippen LogP contribution in [0.15, 0.2) is 83.4 Å². The second kappa shape index (κ2) is 15.1. The quantitative estimate of drug-likeness (QED) is 0.108. The molecule has 2 unspecified atom stereocenters. The second-order valence-electron chi connectivity index (χ2n) is 18.6. The standard InChI is InChI=1S/C47H58N6O3/c54-44(55)38-8-6-32(7-9-38)28-52-22-16-37(17-23-52)43-50-45(51-56-43)47(20-21-47)30-49-42-27-40(42)36-12-10-33(11-13-36)34-14-24-53(25-15-34)31-46(18-19-46)29-48-41-26-39(41)35-4-2-1-3-5-35/h1-13,34,37,39-42,48-49H,14-31H2,(H,54,55)/t39?,40-,41?,42+/m1/s1. The van der Waals surface area contributed by atoms with Crippen LogP contribution in [-0.2, 0) is 12.0 Å². The fraction of sp³-hybridized carbons (Fsp3) is 0.553. The molecule has 9 heteroatoms. The van der Waals surface area contributed by atoms with E-state index in [1.807, 2.05) is 12.1 Å². The molecule has 3 heterocycles. The number of aromatic carboxylic acids is 1. The number of benzene rings is 3. The number of likely N-dealkylation sites (tertiary alicyclic amines) is 2. The Kier molecular flexibility index (Phi) is 9.85. The molecule has 294 valence electrons. The summed E-state index contributed by atoms with van der Waals surface area (Å²) in [5.41, 5.74) is 6.53. The Morgan fingerprint density at radius 3 is 1.96 bits per heavy atom. The summed E-state index contributed by atoms with van der Waals surface area (Å²) in [6.45, 7) is 8.62. The van der Waals surface area contributed by atoms with E-state index in [0.29, 0.717) is 40.8 Å². The second-order valence-corrected chi connectivity index (χ2v) is 18.6. The summed E-state index contributed by atoms with van der Waals surface area (Å²) in [5, 5.41) is 21.5. The van der Waals surface area contributed by atoms with Crippen molar-refractivity contribution >= 4 is 5.97 Å². The van der Waals surface area contributed by atoms with Gasteiger partial charge in [0.1, 0.15) is 0 Å². The fourth-order valence-corrected chi connectivity index (χ4v) is 10.0. The van der Waals surface area contributed by atoms with E-state index in [0.717, 1.165) is 75.1 Å². The largest absolute Gasteiger partial charge is 0.478 e. The van der Waals surface area contributed by atoms with E-state index < -0.39 is 5.97 Å². The average molecular weight is 755 g/mol. The molecule has 2 aliphatic heterocycles. The van der Waals surface area contributed by atoms with Crippen LogP contribution in [-0.4, -0.2) is 88.9 Å². The van der Waals surface area contributed by atoms with E-state index in [-0.39, 0.29) is 5.41 Å². The van der Waals surface area contributed by atoms with Gasteiger partial charge in [0.25, 0.3) is 0 Å². The van der Waals surface area contributed by atoms with Crippen molar-refractivity contribution in [2.24, 2.45) is 5.41 Å². The minimum atomic E-state index is -0.883. The molecule has 4 aliphatic carbocycles. The number of rotatable bonds is 16. The zero-order valence-electron chi connectivity index (χ0n) is 32.8. The molecule has 10 rings (SSSR count). The SMILES string of the molecule is O=C(O)c1ccc(CN2CCC(c3nc(C4(CN[C@H]5C[C@@H]5c5ccc(C6CCN(CC7(CNC8CC8c8ccccc8)CC7)CC6)cc5)CC4)no3)CC2)cc1. The number of aromatic nitrogens is 2. The zero-order chi connectivity index (χ0) is 37.7. The summed E-state index contributed by atoms with van der Waals surface area (Å²) in [4.78, 5) is 21.4. The van der Waals surface area contributed by atoms with Gasteiger partial charge in [0.2, 0.25) is 5.89 Å². The number of hydrogen-bond donors (Lipinski definition) is 3. The number of carbonyl (C=O) groups is 1. The maximum atomic E-state index is 11.2. The summed E-state index contributed by atoms with van der Waals surface area (Å²) in [6.07, 6.45) is 12.1. The molecule has 9 nitrogen and oxygen atoms in total. The lowest BCUT2D eigenvalue weighted by Crippen LogP contribution is -2.40. The van der Waals surface area contributed by atoms with Gasteiger partial charge in [-0.2, -0.15) is 4.98 Å². The van der Waals surface area contributed by atoms with Gasteiger partial charge in [-0.25, -0.2) is 4.79 Å². The molecule has 4 atom stereocenters. The molecule has 3 aromatic carbocycles. The molecular formula is C47H58N6O3. The van der Waals surface area contributed by atoms with Gasteiger partial charge >= 0.3 is 5.97 Å². The molecule has 4 saturated carbocycles. The normalized spacial score (nSPS) is 27.2.